The number of alkyl halides is 5. The Hall–Kier alpha value is -0.430. The molecule has 1 aliphatic rings. The van der Waals surface area contributed by atoms with Crippen LogP contribution in [0.1, 0.15) is 0 Å². The summed E-state index contributed by atoms with van der Waals surface area (Å²) in [5, 5.41) is 0. The molecule has 2 nitrogen and oxygen atoms in total. The fourth-order valence-electron chi connectivity index (χ4n) is 0.585. The van der Waals surface area contributed by atoms with E-state index in [1.807, 2.05) is 0 Å². The standard InChI is InChI=1S/C6H7F5O2/c7-3-5(8,6(9,10)11)13-2-4-1-12-4/h4H,1-3H2. The van der Waals surface area contributed by atoms with E-state index in [0.717, 1.165) is 0 Å². The molecule has 0 saturated carbocycles. The van der Waals surface area contributed by atoms with Crippen molar-refractivity contribution in [2.75, 3.05) is 19.9 Å². The molecular formula is C6H7F5O2. The van der Waals surface area contributed by atoms with E-state index in [2.05, 4.69) is 9.47 Å². The van der Waals surface area contributed by atoms with Gasteiger partial charge in [0.25, 0.3) is 0 Å². The van der Waals surface area contributed by atoms with Gasteiger partial charge in [0, 0.05) is 0 Å². The van der Waals surface area contributed by atoms with Gasteiger partial charge >= 0.3 is 12.0 Å². The third kappa shape index (κ3) is 2.50. The Morgan fingerprint density at radius 2 is 1.85 bits per heavy atom. The van der Waals surface area contributed by atoms with Gasteiger partial charge in [-0.05, 0) is 0 Å². The molecule has 13 heavy (non-hydrogen) atoms. The number of hydrogen-bond donors (Lipinski definition) is 0. The highest BCUT2D eigenvalue weighted by atomic mass is 19.4. The first-order chi connectivity index (χ1) is 5.89. The van der Waals surface area contributed by atoms with Crippen LogP contribution >= 0.6 is 0 Å². The monoisotopic (exact) mass is 206 g/mol. The number of ether oxygens (including phenoxy) is 2. The van der Waals surface area contributed by atoms with Gasteiger partial charge < -0.3 is 9.47 Å². The van der Waals surface area contributed by atoms with E-state index in [-0.39, 0.29) is 6.61 Å². The van der Waals surface area contributed by atoms with E-state index in [1.165, 1.54) is 0 Å². The molecule has 78 valence electrons. The highest BCUT2D eigenvalue weighted by Crippen LogP contribution is 2.36. The lowest BCUT2D eigenvalue weighted by atomic mass is 10.3. The van der Waals surface area contributed by atoms with Gasteiger partial charge in [0.15, 0.2) is 6.67 Å². The Bertz CT molecular complexity index is 178. The van der Waals surface area contributed by atoms with E-state index in [1.54, 1.807) is 0 Å². The van der Waals surface area contributed by atoms with Gasteiger partial charge in [-0.1, -0.05) is 0 Å². The summed E-state index contributed by atoms with van der Waals surface area (Å²) in [6.45, 7) is -2.61. The van der Waals surface area contributed by atoms with E-state index < -0.39 is 31.4 Å². The van der Waals surface area contributed by atoms with E-state index in [9.17, 15) is 22.0 Å². The van der Waals surface area contributed by atoms with E-state index >= 15 is 0 Å². The molecule has 0 N–H and O–H groups in total. The highest BCUT2D eigenvalue weighted by molar-refractivity contribution is 4.79. The lowest BCUT2D eigenvalue weighted by molar-refractivity contribution is -0.337. The second kappa shape index (κ2) is 3.38. The number of rotatable bonds is 4. The molecule has 1 fully saturated rings. The zero-order valence-electron chi connectivity index (χ0n) is 6.40. The van der Waals surface area contributed by atoms with Crippen molar-refractivity contribution in [1.82, 2.24) is 0 Å². The summed E-state index contributed by atoms with van der Waals surface area (Å²) >= 11 is 0. The van der Waals surface area contributed by atoms with Crippen LogP contribution in [-0.2, 0) is 9.47 Å². The van der Waals surface area contributed by atoms with Crippen molar-refractivity contribution in [1.29, 1.82) is 0 Å². The molecule has 0 aromatic carbocycles. The lowest BCUT2D eigenvalue weighted by Crippen LogP contribution is -2.46. The fraction of sp³-hybridized carbons (Fsp3) is 1.00. The molecule has 0 aliphatic carbocycles. The van der Waals surface area contributed by atoms with Crippen LogP contribution in [-0.4, -0.2) is 38.0 Å². The molecule has 1 heterocycles. The second-order valence-electron chi connectivity index (χ2n) is 2.63. The molecule has 7 heteroatoms. The van der Waals surface area contributed by atoms with Crippen LogP contribution in [0.4, 0.5) is 22.0 Å². The summed E-state index contributed by atoms with van der Waals surface area (Å²) in [6.07, 6.45) is -5.89. The first-order valence-corrected chi connectivity index (χ1v) is 3.46. The molecule has 0 aromatic heterocycles. The van der Waals surface area contributed by atoms with Crippen LogP contribution < -0.4 is 0 Å². The minimum atomic E-state index is -5.35. The molecule has 0 bridgehead atoms. The normalized spacial score (nSPS) is 27.0. The molecule has 1 rings (SSSR count). The van der Waals surface area contributed by atoms with Gasteiger partial charge in [-0.3, -0.25) is 0 Å². The third-order valence-electron chi connectivity index (χ3n) is 1.50. The predicted molar refractivity (Wildman–Crippen MR) is 31.6 cm³/mol. The first-order valence-electron chi connectivity index (χ1n) is 3.46. The fourth-order valence-corrected chi connectivity index (χ4v) is 0.585. The second-order valence-corrected chi connectivity index (χ2v) is 2.63. The van der Waals surface area contributed by atoms with Crippen molar-refractivity contribution >= 4 is 0 Å². The van der Waals surface area contributed by atoms with Crippen molar-refractivity contribution < 1.29 is 31.4 Å². The minimum Gasteiger partial charge on any atom is -0.371 e. The maximum atomic E-state index is 12.6. The molecule has 0 spiro atoms. The minimum absolute atomic E-state index is 0.222. The van der Waals surface area contributed by atoms with Crippen LogP contribution in [0.15, 0.2) is 0 Å². The van der Waals surface area contributed by atoms with Crippen molar-refractivity contribution in [2.45, 2.75) is 18.1 Å². The van der Waals surface area contributed by atoms with Crippen molar-refractivity contribution in [3.63, 3.8) is 0 Å². The van der Waals surface area contributed by atoms with E-state index in [0.29, 0.717) is 0 Å². The maximum Gasteiger partial charge on any atom is 0.451 e. The molecule has 1 saturated heterocycles. The summed E-state index contributed by atoms with van der Waals surface area (Å²) in [5.41, 5.74) is 0. The summed E-state index contributed by atoms with van der Waals surface area (Å²) in [7, 11) is 0. The first kappa shape index (κ1) is 10.6. The summed E-state index contributed by atoms with van der Waals surface area (Å²) in [4.78, 5) is 0. The van der Waals surface area contributed by atoms with Crippen molar-refractivity contribution in [2.24, 2.45) is 0 Å². The van der Waals surface area contributed by atoms with Crippen LogP contribution in [0.3, 0.4) is 0 Å². The number of halogens is 5. The summed E-state index contributed by atoms with van der Waals surface area (Å²) in [5.74, 6) is -4.20. The lowest BCUT2D eigenvalue weighted by Gasteiger charge is -2.24. The zero-order chi connectivity index (χ0) is 10.1. The van der Waals surface area contributed by atoms with Gasteiger partial charge in [0.2, 0.25) is 0 Å². The summed E-state index contributed by atoms with van der Waals surface area (Å²) < 4.78 is 68.0. The van der Waals surface area contributed by atoms with Crippen LogP contribution in [0.2, 0.25) is 0 Å². The van der Waals surface area contributed by atoms with Gasteiger partial charge in [-0.25, -0.2) is 4.39 Å². The Morgan fingerprint density at radius 1 is 1.31 bits per heavy atom. The van der Waals surface area contributed by atoms with Crippen molar-refractivity contribution in [3.05, 3.63) is 0 Å². The van der Waals surface area contributed by atoms with Gasteiger partial charge in [0.05, 0.1) is 13.2 Å². The Kier molecular flexibility index (Phi) is 2.76. The van der Waals surface area contributed by atoms with Crippen LogP contribution in [0, 0.1) is 0 Å². The quantitative estimate of drug-likeness (QED) is 0.514. The van der Waals surface area contributed by atoms with Gasteiger partial charge in [-0.15, -0.1) is 0 Å². The average Bonchev–Trinajstić information content (AvgIpc) is 2.81. The largest absolute Gasteiger partial charge is 0.451 e. The summed E-state index contributed by atoms with van der Waals surface area (Å²) in [6, 6.07) is 0. The van der Waals surface area contributed by atoms with Crippen LogP contribution in [0.5, 0.6) is 0 Å². The van der Waals surface area contributed by atoms with Crippen molar-refractivity contribution in [3.8, 4) is 0 Å². The number of epoxide rings is 1. The molecule has 0 amide bonds. The third-order valence-corrected chi connectivity index (χ3v) is 1.50. The molecule has 2 atom stereocenters. The van der Waals surface area contributed by atoms with Crippen LogP contribution in [0.25, 0.3) is 0 Å². The molecular weight excluding hydrogens is 199 g/mol. The van der Waals surface area contributed by atoms with Gasteiger partial charge in [0.1, 0.15) is 6.10 Å². The topological polar surface area (TPSA) is 21.8 Å². The SMILES string of the molecule is FCC(F)(OCC1CO1)C(F)(F)F. The average molecular weight is 206 g/mol. The molecule has 0 radical (unpaired) electrons. The smallest absolute Gasteiger partial charge is 0.371 e. The van der Waals surface area contributed by atoms with Gasteiger partial charge in [-0.2, -0.15) is 17.6 Å². The Balaban J connectivity index is 2.46. The molecule has 0 aromatic rings. The Labute approximate surface area is 70.6 Å². The Morgan fingerprint density at radius 3 is 2.15 bits per heavy atom. The molecule has 1 aliphatic heterocycles. The highest BCUT2D eigenvalue weighted by Gasteiger charge is 2.58. The zero-order valence-corrected chi connectivity index (χ0v) is 6.40. The maximum absolute atomic E-state index is 12.6. The molecule has 2 unspecified atom stereocenters. The predicted octanol–water partition coefficient (Wildman–Crippen LogP) is 1.60. The van der Waals surface area contributed by atoms with E-state index in [4.69, 9.17) is 0 Å². The number of hydrogen-bond acceptors (Lipinski definition) is 2.